The van der Waals surface area contributed by atoms with Gasteiger partial charge in [-0.05, 0) is 52.2 Å². The number of hydrogen-bond acceptors (Lipinski definition) is 4. The first-order valence-corrected chi connectivity index (χ1v) is 7.54. The molecule has 0 amide bonds. The van der Waals surface area contributed by atoms with Crippen LogP contribution in [0.3, 0.4) is 0 Å². The lowest BCUT2D eigenvalue weighted by atomic mass is 10.4. The van der Waals surface area contributed by atoms with Gasteiger partial charge in [-0.1, -0.05) is 6.92 Å². The van der Waals surface area contributed by atoms with Gasteiger partial charge >= 0.3 is 0 Å². The van der Waals surface area contributed by atoms with E-state index in [0.717, 1.165) is 39.3 Å². The summed E-state index contributed by atoms with van der Waals surface area (Å²) in [5.41, 5.74) is 0. The number of hydrogen-bond donors (Lipinski definition) is 1. The van der Waals surface area contributed by atoms with Crippen LogP contribution in [0.4, 0.5) is 0 Å². The fraction of sp³-hybridized carbons (Fsp3) is 0.714. The van der Waals surface area contributed by atoms with E-state index in [1.54, 1.807) is 0 Å². The fourth-order valence-corrected chi connectivity index (χ4v) is 2.56. The van der Waals surface area contributed by atoms with Gasteiger partial charge in [0.1, 0.15) is 0 Å². The van der Waals surface area contributed by atoms with E-state index in [4.69, 9.17) is 4.74 Å². The number of nitrogens with one attached hydrogen (secondary N) is 1. The predicted octanol–water partition coefficient (Wildman–Crippen LogP) is 2.72. The summed E-state index contributed by atoms with van der Waals surface area (Å²) in [6, 6.07) is 4.38. The molecule has 1 N–H and O–H groups in total. The van der Waals surface area contributed by atoms with E-state index in [0.29, 0.717) is 0 Å². The molecule has 104 valence electrons. The van der Waals surface area contributed by atoms with Crippen molar-refractivity contribution in [2.75, 3.05) is 33.8 Å². The number of thiophene rings is 1. The van der Waals surface area contributed by atoms with Crippen LogP contribution in [-0.4, -0.2) is 38.7 Å². The Morgan fingerprint density at radius 3 is 2.78 bits per heavy atom. The maximum absolute atomic E-state index is 5.67. The lowest BCUT2D eigenvalue weighted by Crippen LogP contribution is -2.14. The second-order valence-corrected chi connectivity index (χ2v) is 6.01. The van der Waals surface area contributed by atoms with Crippen LogP contribution in [0.15, 0.2) is 12.1 Å². The van der Waals surface area contributed by atoms with E-state index >= 15 is 0 Å². The normalized spacial score (nSPS) is 11.3. The first-order chi connectivity index (χ1) is 8.72. The molecule has 1 rings (SSSR count). The van der Waals surface area contributed by atoms with Gasteiger partial charge in [0, 0.05) is 22.9 Å². The zero-order valence-electron chi connectivity index (χ0n) is 11.9. The predicted molar refractivity (Wildman–Crippen MR) is 79.1 cm³/mol. The van der Waals surface area contributed by atoms with E-state index in [1.165, 1.54) is 16.2 Å². The SMILES string of the molecule is CCCNCc1ccc(COCCCN(C)C)s1. The Bertz CT molecular complexity index is 312. The summed E-state index contributed by atoms with van der Waals surface area (Å²) >= 11 is 1.85. The fourth-order valence-electron chi connectivity index (χ4n) is 1.64. The van der Waals surface area contributed by atoms with Crippen molar-refractivity contribution in [1.82, 2.24) is 10.2 Å². The van der Waals surface area contributed by atoms with Crippen molar-refractivity contribution in [2.45, 2.75) is 32.9 Å². The molecule has 1 aromatic heterocycles. The van der Waals surface area contributed by atoms with Crippen LogP contribution in [0.5, 0.6) is 0 Å². The average Bonchev–Trinajstić information content (AvgIpc) is 2.77. The minimum absolute atomic E-state index is 0.756. The molecule has 0 atom stereocenters. The zero-order chi connectivity index (χ0) is 13.2. The molecule has 0 aliphatic heterocycles. The van der Waals surface area contributed by atoms with Gasteiger partial charge < -0.3 is 15.0 Å². The highest BCUT2D eigenvalue weighted by Gasteiger charge is 2.00. The van der Waals surface area contributed by atoms with Crippen LogP contribution in [0.25, 0.3) is 0 Å². The molecule has 1 heterocycles. The second-order valence-electron chi connectivity index (χ2n) is 4.75. The summed E-state index contributed by atoms with van der Waals surface area (Å²) in [7, 11) is 4.18. The lowest BCUT2D eigenvalue weighted by Gasteiger charge is -2.08. The van der Waals surface area contributed by atoms with Crippen LogP contribution < -0.4 is 5.32 Å². The topological polar surface area (TPSA) is 24.5 Å². The van der Waals surface area contributed by atoms with Crippen LogP contribution >= 0.6 is 11.3 Å². The van der Waals surface area contributed by atoms with Crippen LogP contribution in [0.1, 0.15) is 29.5 Å². The Kier molecular flexibility index (Phi) is 8.25. The van der Waals surface area contributed by atoms with Gasteiger partial charge in [-0.25, -0.2) is 0 Å². The first-order valence-electron chi connectivity index (χ1n) is 6.73. The van der Waals surface area contributed by atoms with Gasteiger partial charge in [0.25, 0.3) is 0 Å². The van der Waals surface area contributed by atoms with Crippen molar-refractivity contribution in [3.63, 3.8) is 0 Å². The summed E-state index contributed by atoms with van der Waals surface area (Å²) in [6.45, 7) is 6.96. The Balaban J connectivity index is 2.11. The standard InChI is InChI=1S/C14H26N2OS/c1-4-8-15-11-13-6-7-14(18-13)12-17-10-5-9-16(2)3/h6-7,15H,4-5,8-12H2,1-3H3. The Morgan fingerprint density at radius 2 is 2.06 bits per heavy atom. The average molecular weight is 270 g/mol. The molecule has 0 unspecified atom stereocenters. The van der Waals surface area contributed by atoms with Gasteiger partial charge in [0.05, 0.1) is 6.61 Å². The first kappa shape index (κ1) is 15.6. The molecule has 0 saturated carbocycles. The smallest absolute Gasteiger partial charge is 0.0809 e. The Hall–Kier alpha value is -0.420. The van der Waals surface area contributed by atoms with Crippen molar-refractivity contribution in [2.24, 2.45) is 0 Å². The third kappa shape index (κ3) is 7.11. The molecule has 0 aromatic carbocycles. The van der Waals surface area contributed by atoms with Crippen molar-refractivity contribution >= 4 is 11.3 Å². The van der Waals surface area contributed by atoms with E-state index in [-0.39, 0.29) is 0 Å². The summed E-state index contributed by atoms with van der Waals surface area (Å²) in [4.78, 5) is 4.91. The van der Waals surface area contributed by atoms with Crippen LogP contribution in [0.2, 0.25) is 0 Å². The van der Waals surface area contributed by atoms with E-state index in [2.05, 4.69) is 43.4 Å². The van der Waals surface area contributed by atoms with Crippen LogP contribution in [-0.2, 0) is 17.9 Å². The van der Waals surface area contributed by atoms with E-state index in [9.17, 15) is 0 Å². The second kappa shape index (κ2) is 9.50. The van der Waals surface area contributed by atoms with Crippen molar-refractivity contribution in [3.05, 3.63) is 21.9 Å². The van der Waals surface area contributed by atoms with Crippen molar-refractivity contribution in [1.29, 1.82) is 0 Å². The highest BCUT2D eigenvalue weighted by Crippen LogP contribution is 2.17. The lowest BCUT2D eigenvalue weighted by molar-refractivity contribution is 0.115. The molecular formula is C14H26N2OS. The zero-order valence-corrected chi connectivity index (χ0v) is 12.7. The van der Waals surface area contributed by atoms with Gasteiger partial charge in [-0.3, -0.25) is 0 Å². The van der Waals surface area contributed by atoms with Gasteiger partial charge in [0.2, 0.25) is 0 Å². The summed E-state index contributed by atoms with van der Waals surface area (Å²) in [5, 5.41) is 3.42. The molecule has 0 bridgehead atoms. The monoisotopic (exact) mass is 270 g/mol. The maximum Gasteiger partial charge on any atom is 0.0809 e. The molecule has 0 fully saturated rings. The molecule has 0 radical (unpaired) electrons. The number of rotatable bonds is 10. The molecule has 4 heteroatoms. The molecule has 0 aliphatic rings. The molecular weight excluding hydrogens is 244 g/mol. The van der Waals surface area contributed by atoms with E-state index in [1.807, 2.05) is 11.3 Å². The van der Waals surface area contributed by atoms with Crippen molar-refractivity contribution < 1.29 is 4.74 Å². The van der Waals surface area contributed by atoms with Crippen molar-refractivity contribution in [3.8, 4) is 0 Å². The quantitative estimate of drug-likeness (QED) is 0.662. The molecule has 18 heavy (non-hydrogen) atoms. The van der Waals surface area contributed by atoms with Gasteiger partial charge in [-0.2, -0.15) is 0 Å². The summed E-state index contributed by atoms with van der Waals surface area (Å²) < 4.78 is 5.67. The summed E-state index contributed by atoms with van der Waals surface area (Å²) in [6.07, 6.45) is 2.29. The highest BCUT2D eigenvalue weighted by atomic mass is 32.1. The molecule has 3 nitrogen and oxygen atoms in total. The highest BCUT2D eigenvalue weighted by molar-refractivity contribution is 7.11. The number of ether oxygens (including phenoxy) is 1. The van der Waals surface area contributed by atoms with E-state index < -0.39 is 0 Å². The minimum atomic E-state index is 0.756. The van der Waals surface area contributed by atoms with Crippen LogP contribution in [0, 0.1) is 0 Å². The van der Waals surface area contributed by atoms with Gasteiger partial charge in [-0.15, -0.1) is 11.3 Å². The van der Waals surface area contributed by atoms with Gasteiger partial charge in [0.15, 0.2) is 0 Å². The minimum Gasteiger partial charge on any atom is -0.376 e. The third-order valence-electron chi connectivity index (χ3n) is 2.58. The number of nitrogens with zero attached hydrogens (tertiary/aromatic N) is 1. The Morgan fingerprint density at radius 1 is 1.28 bits per heavy atom. The third-order valence-corrected chi connectivity index (χ3v) is 3.64. The Labute approximate surface area is 115 Å². The summed E-state index contributed by atoms with van der Waals surface area (Å²) in [5.74, 6) is 0. The molecule has 0 aliphatic carbocycles. The largest absolute Gasteiger partial charge is 0.376 e. The molecule has 0 saturated heterocycles. The molecule has 1 aromatic rings. The molecule has 0 spiro atoms. The maximum atomic E-state index is 5.67.